The Morgan fingerprint density at radius 2 is 0.780 bits per heavy atom. The van der Waals surface area contributed by atoms with Crippen LogP contribution >= 0.6 is 22.9 Å². The summed E-state index contributed by atoms with van der Waals surface area (Å²) in [5.74, 6) is -10.8. The minimum Gasteiger partial charge on any atom is -0.480 e. The molecule has 0 aliphatic carbocycles. The average Bonchev–Trinajstić information content (AvgIpc) is 3.02. The fourth-order valence-corrected chi connectivity index (χ4v) is 4.77. The highest BCUT2D eigenvalue weighted by Crippen LogP contribution is 2.07. The van der Waals surface area contributed by atoms with Crippen molar-refractivity contribution in [2.24, 2.45) is 0 Å². The molecule has 11 N–H and O–H groups in total. The Balaban J connectivity index is 4.79. The molecule has 0 fully saturated rings. The van der Waals surface area contributed by atoms with Crippen LogP contribution in [0.5, 0.6) is 0 Å². The molecule has 2 unspecified atom stereocenters. The molecular formula is C28H43IN6O15. The quantitative estimate of drug-likeness (QED) is 0.0244. The Kier molecular flexibility index (Phi) is 22.3. The first-order valence-electron chi connectivity index (χ1n) is 15.3. The van der Waals surface area contributed by atoms with Crippen molar-refractivity contribution in [3.05, 3.63) is 0 Å². The molecular weight excluding hydrogens is 787 g/mol. The van der Waals surface area contributed by atoms with Gasteiger partial charge in [0.25, 0.3) is 0 Å². The van der Waals surface area contributed by atoms with Crippen LogP contribution in [0.4, 0.5) is 0 Å². The van der Waals surface area contributed by atoms with Crippen molar-refractivity contribution >= 4 is 82.2 Å². The van der Waals surface area contributed by atoms with Gasteiger partial charge in [0.2, 0.25) is 29.5 Å². The smallest absolute Gasteiger partial charge is 0.326 e. The van der Waals surface area contributed by atoms with E-state index < -0.39 is 122 Å². The number of carboxylic acids is 5. The molecule has 0 spiro atoms. The zero-order chi connectivity index (χ0) is 38.4. The topological polar surface area (TPSA) is 344 Å². The fraction of sp³-hybridized carbons (Fsp3) is 0.643. The van der Waals surface area contributed by atoms with Crippen molar-refractivity contribution in [3.8, 4) is 0 Å². The molecule has 0 aromatic carbocycles. The largest absolute Gasteiger partial charge is 0.480 e. The van der Waals surface area contributed by atoms with Crippen LogP contribution in [-0.2, 0) is 47.9 Å². The Morgan fingerprint density at radius 3 is 1.08 bits per heavy atom. The van der Waals surface area contributed by atoms with E-state index in [1.807, 2.05) is 0 Å². The highest BCUT2D eigenvalue weighted by molar-refractivity contribution is 14.1. The highest BCUT2D eigenvalue weighted by atomic mass is 127. The maximum Gasteiger partial charge on any atom is 0.326 e. The van der Waals surface area contributed by atoms with Gasteiger partial charge in [-0.05, 0) is 44.9 Å². The number of nitrogens with one attached hydrogen (secondary N) is 6. The van der Waals surface area contributed by atoms with Gasteiger partial charge < -0.3 is 52.1 Å². The lowest BCUT2D eigenvalue weighted by Crippen LogP contribution is -2.45. The summed E-state index contributed by atoms with van der Waals surface area (Å²) in [7, 11) is 0. The molecule has 0 aliphatic heterocycles. The molecule has 5 amide bonds. The summed E-state index contributed by atoms with van der Waals surface area (Å²) in [4.78, 5) is 117. The van der Waals surface area contributed by atoms with E-state index in [2.05, 4.69) is 30.1 Å². The van der Waals surface area contributed by atoms with Gasteiger partial charge >= 0.3 is 29.8 Å². The average molecular weight is 831 g/mol. The fourth-order valence-electron chi connectivity index (χ4n) is 4.19. The van der Waals surface area contributed by atoms with Crippen molar-refractivity contribution in [3.63, 3.8) is 0 Å². The Bertz CT molecular complexity index is 1250. The van der Waals surface area contributed by atoms with Gasteiger partial charge in [0.1, 0.15) is 30.2 Å². The van der Waals surface area contributed by atoms with Gasteiger partial charge in [-0.2, -0.15) is 0 Å². The lowest BCUT2D eigenvalue weighted by Gasteiger charge is -2.18. The second-order valence-electron chi connectivity index (χ2n) is 11.0. The minimum atomic E-state index is -1.62. The van der Waals surface area contributed by atoms with E-state index in [0.29, 0.717) is 19.3 Å². The Hall–Kier alpha value is -4.61. The molecule has 0 aromatic heterocycles. The second-order valence-corrected chi connectivity index (χ2v) is 11.6. The molecule has 0 saturated heterocycles. The number of carboxylic acid groups (broad SMARTS) is 5. The van der Waals surface area contributed by atoms with Crippen LogP contribution in [0.1, 0.15) is 77.6 Å². The Morgan fingerprint density at radius 1 is 0.460 bits per heavy atom. The van der Waals surface area contributed by atoms with E-state index in [4.69, 9.17) is 10.2 Å². The Labute approximate surface area is 299 Å². The first kappa shape index (κ1) is 45.4. The number of hydrogen-bond acceptors (Lipinski definition) is 11. The molecule has 0 saturated carbocycles. The second kappa shape index (κ2) is 24.5. The van der Waals surface area contributed by atoms with Gasteiger partial charge in [0.05, 0.1) is 0 Å². The van der Waals surface area contributed by atoms with Crippen molar-refractivity contribution in [1.82, 2.24) is 30.1 Å². The zero-order valence-electron chi connectivity index (χ0n) is 27.1. The normalized spacial score (nSPS) is 13.6. The SMILES string of the molecule is CC(=O)NC(CCC(=O)N[C@@H](CCC(=O)NC(CCC(=O)N[C@@H](CCC(=O)NCCCC[C@H](NI)C(=O)O)C(=O)O)C(=O)O)C(=O)O)C(=O)O. The standard InChI is InChI=1S/C28H43IN6O15/c1-14(36)31-15(24(41)42)6-10-21(38)33-17(26(45)46)8-12-23(40)34-18(27(47)48)7-11-22(39)32-16(25(43)44)5-9-20(37)30-13-3-2-4-19(35-29)28(49)50/h15-19,35H,2-13H2,1H3,(H,30,37)(H,31,36)(H,32,39)(H,33,38)(H,34,40)(H,41,42)(H,43,44)(H,45,46)(H,47,48)(H,49,50)/t15?,16-,17-,18?,19-/m0/s1. The summed E-state index contributed by atoms with van der Waals surface area (Å²) >= 11 is 1.73. The number of carbonyl (C=O) groups is 10. The predicted molar refractivity (Wildman–Crippen MR) is 176 cm³/mol. The molecule has 5 atom stereocenters. The van der Waals surface area contributed by atoms with Crippen molar-refractivity contribution in [1.29, 1.82) is 0 Å². The third-order valence-electron chi connectivity index (χ3n) is 6.89. The lowest BCUT2D eigenvalue weighted by atomic mass is 10.1. The van der Waals surface area contributed by atoms with Crippen molar-refractivity contribution in [2.45, 2.75) is 108 Å². The van der Waals surface area contributed by atoms with E-state index in [0.717, 1.165) is 6.92 Å². The van der Waals surface area contributed by atoms with Gasteiger partial charge in [-0.3, -0.25) is 28.8 Å². The van der Waals surface area contributed by atoms with Crippen LogP contribution in [0.2, 0.25) is 0 Å². The van der Waals surface area contributed by atoms with E-state index in [1.54, 1.807) is 22.9 Å². The lowest BCUT2D eigenvalue weighted by molar-refractivity contribution is -0.144. The maximum atomic E-state index is 12.4. The van der Waals surface area contributed by atoms with E-state index in [-0.39, 0.29) is 25.8 Å². The number of carbonyl (C=O) groups excluding carboxylic acids is 5. The van der Waals surface area contributed by atoms with Crippen LogP contribution in [-0.4, -0.2) is 122 Å². The van der Waals surface area contributed by atoms with E-state index in [9.17, 15) is 63.3 Å². The summed E-state index contributed by atoms with van der Waals surface area (Å²) in [5, 5.41) is 57.5. The third-order valence-corrected chi connectivity index (χ3v) is 7.64. The maximum absolute atomic E-state index is 12.4. The van der Waals surface area contributed by atoms with Gasteiger partial charge in [-0.1, -0.05) is 0 Å². The summed E-state index contributed by atoms with van der Waals surface area (Å²) in [6, 6.07) is -6.84. The van der Waals surface area contributed by atoms with Crippen LogP contribution in [0, 0.1) is 0 Å². The summed E-state index contributed by atoms with van der Waals surface area (Å²) < 4.78 is 2.61. The first-order chi connectivity index (χ1) is 23.4. The number of rotatable bonds is 27. The van der Waals surface area contributed by atoms with Gasteiger partial charge in [0, 0.05) is 62.0 Å². The molecule has 22 heteroatoms. The molecule has 0 rings (SSSR count). The number of hydrogen-bond donors (Lipinski definition) is 11. The summed E-state index contributed by atoms with van der Waals surface area (Å²) in [6.07, 6.45) is -2.14. The highest BCUT2D eigenvalue weighted by Gasteiger charge is 2.27. The van der Waals surface area contributed by atoms with Crippen molar-refractivity contribution in [2.75, 3.05) is 6.54 Å². The van der Waals surface area contributed by atoms with Crippen molar-refractivity contribution < 1.29 is 73.5 Å². The van der Waals surface area contributed by atoms with Crippen LogP contribution in [0.15, 0.2) is 0 Å². The van der Waals surface area contributed by atoms with Gasteiger partial charge in [-0.25, -0.2) is 22.7 Å². The number of halogens is 1. The van der Waals surface area contributed by atoms with Crippen LogP contribution < -0.4 is 30.1 Å². The predicted octanol–water partition coefficient (Wildman–Crippen LogP) is -1.92. The number of unbranched alkanes of at least 4 members (excludes halogenated alkanes) is 1. The summed E-state index contributed by atoms with van der Waals surface area (Å²) in [6.45, 7) is 1.30. The molecule has 0 aromatic rings. The first-order valence-corrected chi connectivity index (χ1v) is 16.4. The van der Waals surface area contributed by atoms with E-state index >= 15 is 0 Å². The van der Waals surface area contributed by atoms with Crippen LogP contribution in [0.3, 0.4) is 0 Å². The number of amides is 5. The monoisotopic (exact) mass is 830 g/mol. The van der Waals surface area contributed by atoms with Crippen LogP contribution in [0.25, 0.3) is 0 Å². The zero-order valence-corrected chi connectivity index (χ0v) is 29.2. The molecule has 282 valence electrons. The minimum absolute atomic E-state index is 0.223. The van der Waals surface area contributed by atoms with Gasteiger partial charge in [-0.15, -0.1) is 0 Å². The molecule has 0 bridgehead atoms. The summed E-state index contributed by atoms with van der Waals surface area (Å²) in [5.41, 5.74) is 0. The molecule has 0 aliphatic rings. The molecule has 50 heavy (non-hydrogen) atoms. The van der Waals surface area contributed by atoms with Gasteiger partial charge in [0.15, 0.2) is 0 Å². The molecule has 0 heterocycles. The van der Waals surface area contributed by atoms with E-state index in [1.165, 1.54) is 0 Å². The number of aliphatic carboxylic acids is 5. The molecule has 0 radical (unpaired) electrons. The molecule has 21 nitrogen and oxygen atoms in total. The third kappa shape index (κ3) is 20.7.